The Balaban J connectivity index is 3.59. The highest BCUT2D eigenvalue weighted by molar-refractivity contribution is 7.33. The van der Waals surface area contributed by atoms with E-state index in [-0.39, 0.29) is 11.7 Å². The van der Waals surface area contributed by atoms with Gasteiger partial charge in [-0.15, -0.1) is 4.52 Å². The van der Waals surface area contributed by atoms with Crippen molar-refractivity contribution in [2.75, 3.05) is 6.79 Å². The summed E-state index contributed by atoms with van der Waals surface area (Å²) in [6.45, 7) is 7.92. The van der Waals surface area contributed by atoms with Gasteiger partial charge in [0.05, 0.1) is 0 Å². The maximum atomic E-state index is 10.9. The van der Waals surface area contributed by atoms with Crippen LogP contribution in [0.5, 0.6) is 0 Å². The van der Waals surface area contributed by atoms with Gasteiger partial charge in [0.2, 0.25) is 6.79 Å². The van der Waals surface area contributed by atoms with Gasteiger partial charge in [0.25, 0.3) is 0 Å². The smallest absolute Gasteiger partial charge is 0.430 e. The van der Waals surface area contributed by atoms with Gasteiger partial charge in [-0.25, -0.2) is 4.79 Å². The van der Waals surface area contributed by atoms with Crippen molar-refractivity contribution in [2.45, 2.75) is 26.9 Å². The lowest BCUT2D eigenvalue weighted by Crippen LogP contribution is -2.07. The number of carbonyl (C=O) groups excluding carboxylic acids is 1. The van der Waals surface area contributed by atoms with Crippen LogP contribution in [0.15, 0.2) is 12.2 Å². The summed E-state index contributed by atoms with van der Waals surface area (Å²) >= 11 is 0. The van der Waals surface area contributed by atoms with E-state index in [0.29, 0.717) is 0 Å². The number of carbonyl (C=O) groups is 1. The van der Waals surface area contributed by atoms with E-state index in [0.717, 1.165) is 0 Å². The average Bonchev–Trinajstić information content (AvgIpc) is 2.02. The van der Waals surface area contributed by atoms with Gasteiger partial charge >= 0.3 is 14.2 Å². The van der Waals surface area contributed by atoms with Crippen LogP contribution in [-0.4, -0.2) is 18.9 Å². The summed E-state index contributed by atoms with van der Waals surface area (Å²) in [6.07, 6.45) is -0.199. The number of rotatable bonds is 6. The molecule has 1 atom stereocenters. The Bertz CT molecular complexity index is 236. The first kappa shape index (κ1) is 13.2. The lowest BCUT2D eigenvalue weighted by atomic mass is 10.4. The molecule has 0 aliphatic carbocycles. The van der Waals surface area contributed by atoms with Crippen LogP contribution in [0.4, 0.5) is 0 Å². The Hall–Kier alpha value is -0.770. The summed E-state index contributed by atoms with van der Waals surface area (Å²) in [5.74, 6) is -0.585. The van der Waals surface area contributed by atoms with Gasteiger partial charge in [0.15, 0.2) is 0 Å². The molecule has 0 aliphatic rings. The van der Waals surface area contributed by atoms with Crippen molar-refractivity contribution >= 4 is 14.2 Å². The molecule has 0 aliphatic heterocycles. The average molecular weight is 221 g/mol. The summed E-state index contributed by atoms with van der Waals surface area (Å²) in [5.41, 5.74) is 0.258. The number of hydrogen-bond donors (Lipinski definition) is 0. The maximum Gasteiger partial charge on any atom is 0.701 e. The third-order valence-electron chi connectivity index (χ3n) is 0.993. The normalized spacial score (nSPS) is 11.3. The van der Waals surface area contributed by atoms with Crippen molar-refractivity contribution in [3.05, 3.63) is 12.2 Å². The van der Waals surface area contributed by atoms with E-state index in [1.807, 2.05) is 0 Å². The zero-order chi connectivity index (χ0) is 11.1. The zero-order valence-electron chi connectivity index (χ0n) is 8.48. The molecule has 0 amide bonds. The van der Waals surface area contributed by atoms with Gasteiger partial charge in [-0.2, -0.15) is 0 Å². The summed E-state index contributed by atoms with van der Waals surface area (Å²) < 4.78 is 24.8. The molecule has 1 unspecified atom stereocenters. The van der Waals surface area contributed by atoms with Crippen LogP contribution in [0.2, 0.25) is 0 Å². The number of hydrogen-bond acceptors (Lipinski definition) is 5. The molecule has 6 heteroatoms. The van der Waals surface area contributed by atoms with Crippen LogP contribution in [-0.2, 0) is 23.1 Å². The minimum Gasteiger partial charge on any atom is -0.430 e. The van der Waals surface area contributed by atoms with E-state index in [2.05, 4.69) is 15.8 Å². The minimum absolute atomic E-state index is 0.199. The minimum atomic E-state index is -2.23. The molecule has 80 valence electrons. The van der Waals surface area contributed by atoms with Crippen LogP contribution in [0, 0.1) is 0 Å². The van der Waals surface area contributed by atoms with Crippen LogP contribution in [0.1, 0.15) is 20.8 Å². The molecule has 0 spiro atoms. The first-order valence-corrected chi connectivity index (χ1v) is 5.12. The maximum absolute atomic E-state index is 10.9. The molecular formula is C8H14O5P+. The summed E-state index contributed by atoms with van der Waals surface area (Å²) in [7, 11) is -2.23. The van der Waals surface area contributed by atoms with E-state index in [1.165, 1.54) is 6.92 Å². The highest BCUT2D eigenvalue weighted by Crippen LogP contribution is 2.25. The van der Waals surface area contributed by atoms with Crippen molar-refractivity contribution in [2.24, 2.45) is 0 Å². The highest BCUT2D eigenvalue weighted by atomic mass is 31.1. The summed E-state index contributed by atoms with van der Waals surface area (Å²) in [4.78, 5) is 10.8. The predicted octanol–water partition coefficient (Wildman–Crippen LogP) is 2.16. The van der Waals surface area contributed by atoms with Crippen LogP contribution in [0.25, 0.3) is 0 Å². The van der Waals surface area contributed by atoms with Crippen molar-refractivity contribution in [3.63, 3.8) is 0 Å². The van der Waals surface area contributed by atoms with Crippen molar-refractivity contribution in [1.29, 1.82) is 0 Å². The van der Waals surface area contributed by atoms with Gasteiger partial charge in [0, 0.05) is 10.1 Å². The van der Waals surface area contributed by atoms with E-state index in [1.54, 1.807) is 13.8 Å². The third-order valence-corrected chi connectivity index (χ3v) is 1.90. The number of esters is 1. The fourth-order valence-electron chi connectivity index (χ4n) is 0.449. The van der Waals surface area contributed by atoms with Gasteiger partial charge in [0.1, 0.15) is 6.10 Å². The third kappa shape index (κ3) is 6.71. The molecule has 0 aromatic carbocycles. The highest BCUT2D eigenvalue weighted by Gasteiger charge is 2.23. The molecule has 14 heavy (non-hydrogen) atoms. The Labute approximate surface area is 84.0 Å². The van der Waals surface area contributed by atoms with Crippen LogP contribution < -0.4 is 0 Å². The van der Waals surface area contributed by atoms with Gasteiger partial charge < -0.3 is 4.74 Å². The molecule has 0 aromatic rings. The van der Waals surface area contributed by atoms with Gasteiger partial charge in [-0.1, -0.05) is 11.1 Å². The van der Waals surface area contributed by atoms with Crippen molar-refractivity contribution in [1.82, 2.24) is 0 Å². The molecule has 0 rings (SSSR count). The molecule has 5 nitrogen and oxygen atoms in total. The Kier molecular flexibility index (Phi) is 6.28. The van der Waals surface area contributed by atoms with Crippen LogP contribution >= 0.6 is 8.25 Å². The first-order chi connectivity index (χ1) is 6.43. The van der Waals surface area contributed by atoms with Gasteiger partial charge in [-0.3, -0.25) is 0 Å². The Morgan fingerprint density at radius 2 is 2.07 bits per heavy atom. The molecule has 0 N–H and O–H groups in total. The van der Waals surface area contributed by atoms with E-state index in [4.69, 9.17) is 4.52 Å². The van der Waals surface area contributed by atoms with E-state index >= 15 is 0 Å². The lowest BCUT2D eigenvalue weighted by Gasteiger charge is -1.98. The van der Waals surface area contributed by atoms with Crippen LogP contribution in [0.3, 0.4) is 0 Å². The molecule has 0 fully saturated rings. The second-order valence-corrected chi connectivity index (χ2v) is 3.75. The molecule has 0 radical (unpaired) electrons. The summed E-state index contributed by atoms with van der Waals surface area (Å²) in [6, 6.07) is 0. The second kappa shape index (κ2) is 6.65. The van der Waals surface area contributed by atoms with Gasteiger partial charge in [-0.05, 0) is 20.8 Å². The van der Waals surface area contributed by atoms with E-state index < -0.39 is 21.0 Å². The molecular weight excluding hydrogens is 207 g/mol. The molecule has 0 heterocycles. The Morgan fingerprint density at radius 3 is 2.50 bits per heavy atom. The standard InChI is InChI=1S/C8H14O5P/c1-6(2)8(9)11-5-12-14(10)13-7(3)4/h7H,1,5H2,2-4H3/q+1. The topological polar surface area (TPSA) is 61.8 Å². The quantitative estimate of drug-likeness (QED) is 0.297. The fraction of sp³-hybridized carbons (Fsp3) is 0.625. The predicted molar refractivity (Wildman–Crippen MR) is 50.7 cm³/mol. The molecule has 0 saturated heterocycles. The first-order valence-electron chi connectivity index (χ1n) is 4.03. The monoisotopic (exact) mass is 221 g/mol. The number of ether oxygens (including phenoxy) is 1. The summed E-state index contributed by atoms with van der Waals surface area (Å²) in [5, 5.41) is 0. The van der Waals surface area contributed by atoms with Crippen molar-refractivity contribution in [3.8, 4) is 0 Å². The largest absolute Gasteiger partial charge is 0.701 e. The second-order valence-electron chi connectivity index (χ2n) is 2.84. The fourth-order valence-corrected chi connectivity index (χ4v) is 0.993. The molecule has 0 saturated carbocycles. The Morgan fingerprint density at radius 1 is 1.50 bits per heavy atom. The molecule has 0 bridgehead atoms. The lowest BCUT2D eigenvalue weighted by molar-refractivity contribution is -0.145. The zero-order valence-corrected chi connectivity index (χ0v) is 9.37. The van der Waals surface area contributed by atoms with E-state index in [9.17, 15) is 9.36 Å². The van der Waals surface area contributed by atoms with Crippen molar-refractivity contribution < 1.29 is 23.1 Å². The molecule has 0 aromatic heterocycles. The SMILES string of the molecule is C=C(C)C(=O)OCO[P+](=O)OC(C)C.